The lowest BCUT2D eigenvalue weighted by atomic mass is 9.85. The van der Waals surface area contributed by atoms with Crippen LogP contribution in [0.15, 0.2) is 84.6 Å². The maximum Gasteiger partial charge on any atom is 0.301 e. The number of alkyl halides is 1. The van der Waals surface area contributed by atoms with Crippen molar-refractivity contribution < 1.29 is 50.3 Å². The Morgan fingerprint density at radius 2 is 1.53 bits per heavy atom. The van der Waals surface area contributed by atoms with E-state index in [1.165, 1.54) is 6.20 Å². The van der Waals surface area contributed by atoms with E-state index in [1.54, 1.807) is 34.0 Å². The number of piperazine rings is 1. The van der Waals surface area contributed by atoms with Crippen molar-refractivity contribution in [3.63, 3.8) is 0 Å². The van der Waals surface area contributed by atoms with Gasteiger partial charge in [0.1, 0.15) is 29.7 Å². The van der Waals surface area contributed by atoms with Crippen molar-refractivity contribution in [1.82, 2.24) is 44.6 Å². The molecular formula is C65H84F3N11O8S2Si. The Balaban J connectivity index is 0.710. The average molecular weight is 1300 g/mol. The van der Waals surface area contributed by atoms with Crippen LogP contribution in [-0.4, -0.2) is 182 Å². The molecule has 4 saturated heterocycles. The Hall–Kier alpha value is -6.58. The van der Waals surface area contributed by atoms with Crippen LogP contribution in [0.4, 0.5) is 24.5 Å². The number of carbonyl (C=O) groups is 4. The monoisotopic (exact) mass is 1300 g/mol. The van der Waals surface area contributed by atoms with Crippen molar-refractivity contribution in [2.75, 3.05) is 88.2 Å². The SMILES string of the molecule is Cc1ncsc1-c1ccc([C@H](CO)NC(=O)[C@@H]2C[C@@H](O[Si](C)(C)C(C)(C)C)CN2C(=O)[C@@H](NC(=O)CN2CCC(CN3CCN(c4ccc(-c5cnc6[nH]cc(C(=O)c7c(F)ccc(NS(=O)(=O)N8CC[C@@H](F)C8)c7F)c6c5)cc4)CC3)CC2)C(C)(C)C)cc1. The maximum absolute atomic E-state index is 15.9. The smallest absolute Gasteiger partial charge is 0.301 e. The number of thiazole rings is 1. The third kappa shape index (κ3) is 14.8. The highest BCUT2D eigenvalue weighted by Gasteiger charge is 2.49. The third-order valence-corrected chi connectivity index (χ3v) is 25.7. The summed E-state index contributed by atoms with van der Waals surface area (Å²) in [5.74, 6) is -4.13. The molecule has 0 aliphatic carbocycles. The van der Waals surface area contributed by atoms with E-state index in [4.69, 9.17) is 4.43 Å². The first-order valence-corrected chi connectivity index (χ1v) is 36.2. The summed E-state index contributed by atoms with van der Waals surface area (Å²) in [5.41, 5.74) is 4.92. The normalized spacial score (nSPS) is 20.2. The second-order valence-corrected chi connectivity index (χ2v) is 34.4. The molecule has 5 N–H and O–H groups in total. The molecule has 90 heavy (non-hydrogen) atoms. The molecule has 0 unspecified atom stereocenters. The summed E-state index contributed by atoms with van der Waals surface area (Å²) in [6.45, 7) is 23.8. The molecule has 5 atom stereocenters. The summed E-state index contributed by atoms with van der Waals surface area (Å²) in [6, 6.07) is 16.5. The van der Waals surface area contributed by atoms with Gasteiger partial charge in [-0.1, -0.05) is 77.9 Å². The van der Waals surface area contributed by atoms with E-state index < -0.39 is 95.5 Å². The molecule has 4 fully saturated rings. The minimum atomic E-state index is -4.38. The molecule has 3 aromatic heterocycles. The zero-order chi connectivity index (χ0) is 64.6. The molecule has 25 heteroatoms. The van der Waals surface area contributed by atoms with Crippen molar-refractivity contribution in [1.29, 1.82) is 0 Å². The molecule has 3 aromatic carbocycles. The number of aryl methyl sites for hydroxylation is 1. The van der Waals surface area contributed by atoms with Gasteiger partial charge in [0.15, 0.2) is 14.1 Å². The number of rotatable bonds is 20. The molecular weight excluding hydrogens is 1210 g/mol. The number of aromatic amines is 1. The second-order valence-electron chi connectivity index (χ2n) is 27.1. The number of nitrogens with one attached hydrogen (secondary N) is 4. The molecule has 484 valence electrons. The number of anilines is 2. The molecule has 4 aliphatic heterocycles. The number of fused-ring (bicyclic) bond motifs is 1. The van der Waals surface area contributed by atoms with Gasteiger partial charge in [-0.2, -0.15) is 12.7 Å². The summed E-state index contributed by atoms with van der Waals surface area (Å²) in [7, 11) is -6.71. The topological polar surface area (TPSA) is 226 Å². The number of pyridine rings is 1. The number of H-pyrrole nitrogens is 1. The van der Waals surface area contributed by atoms with Crippen molar-refractivity contribution in [3.05, 3.63) is 119 Å². The first-order valence-electron chi connectivity index (χ1n) is 31.0. The maximum atomic E-state index is 15.9. The first kappa shape index (κ1) is 66.3. The fourth-order valence-corrected chi connectivity index (χ4v) is 15.8. The highest BCUT2D eigenvalue weighted by Crippen LogP contribution is 2.40. The van der Waals surface area contributed by atoms with Crippen molar-refractivity contribution in [2.45, 2.75) is 123 Å². The molecule has 4 aliphatic rings. The van der Waals surface area contributed by atoms with E-state index in [-0.39, 0.29) is 61.5 Å². The highest BCUT2D eigenvalue weighted by molar-refractivity contribution is 7.90. The zero-order valence-electron chi connectivity index (χ0n) is 52.7. The van der Waals surface area contributed by atoms with Crippen LogP contribution in [0, 0.1) is 29.9 Å². The van der Waals surface area contributed by atoms with Crippen molar-refractivity contribution >= 4 is 75.8 Å². The molecule has 0 radical (unpaired) electrons. The first-order chi connectivity index (χ1) is 42.6. The number of amides is 3. The fraction of sp³-hybridized carbons (Fsp3) is 0.508. The predicted molar refractivity (Wildman–Crippen MR) is 347 cm³/mol. The number of likely N-dealkylation sites (tertiary alicyclic amines) is 2. The summed E-state index contributed by atoms with van der Waals surface area (Å²) < 4.78 is 80.5. The van der Waals surface area contributed by atoms with Gasteiger partial charge in [0, 0.05) is 93.4 Å². The summed E-state index contributed by atoms with van der Waals surface area (Å²) in [6.07, 6.45) is 3.31. The number of aliphatic hydroxyl groups excluding tert-OH is 1. The van der Waals surface area contributed by atoms with Gasteiger partial charge in [0.05, 0.1) is 52.6 Å². The minimum Gasteiger partial charge on any atom is -0.412 e. The van der Waals surface area contributed by atoms with Crippen LogP contribution in [0.2, 0.25) is 18.1 Å². The van der Waals surface area contributed by atoms with Gasteiger partial charge in [-0.05, 0) is 116 Å². The van der Waals surface area contributed by atoms with Crippen LogP contribution in [0.1, 0.15) is 100 Å². The Labute approximate surface area is 530 Å². The predicted octanol–water partition coefficient (Wildman–Crippen LogP) is 9.08. The van der Waals surface area contributed by atoms with E-state index >= 15 is 8.78 Å². The summed E-state index contributed by atoms with van der Waals surface area (Å²) >= 11 is 1.55. The van der Waals surface area contributed by atoms with Crippen LogP contribution >= 0.6 is 11.3 Å². The molecule has 0 spiro atoms. The lowest BCUT2D eigenvalue weighted by Crippen LogP contribution is -2.59. The van der Waals surface area contributed by atoms with Crippen LogP contribution in [-0.2, 0) is 29.0 Å². The van der Waals surface area contributed by atoms with E-state index in [2.05, 4.69) is 74.2 Å². The number of piperidine rings is 1. The van der Waals surface area contributed by atoms with Crippen molar-refractivity contribution in [2.24, 2.45) is 11.3 Å². The average Bonchev–Trinajstić information content (AvgIpc) is 1.74. The number of hydrogen-bond acceptors (Lipinski definition) is 14. The largest absolute Gasteiger partial charge is 0.412 e. The van der Waals surface area contributed by atoms with Gasteiger partial charge in [0.25, 0.3) is 0 Å². The van der Waals surface area contributed by atoms with Gasteiger partial charge < -0.3 is 34.9 Å². The molecule has 0 bridgehead atoms. The molecule has 19 nitrogen and oxygen atoms in total. The second kappa shape index (κ2) is 26.9. The lowest BCUT2D eigenvalue weighted by molar-refractivity contribution is -0.144. The Morgan fingerprint density at radius 3 is 2.16 bits per heavy atom. The number of ketones is 1. The molecule has 3 amide bonds. The lowest BCUT2D eigenvalue weighted by Gasteiger charge is -2.40. The quantitative estimate of drug-likeness (QED) is 0.0356. The Bertz CT molecular complexity index is 3690. The van der Waals surface area contributed by atoms with Crippen LogP contribution < -0.4 is 20.3 Å². The van der Waals surface area contributed by atoms with Gasteiger partial charge in [-0.25, -0.2) is 23.1 Å². The van der Waals surface area contributed by atoms with Gasteiger partial charge in [-0.15, -0.1) is 11.3 Å². The van der Waals surface area contributed by atoms with Crippen LogP contribution in [0.3, 0.4) is 0 Å². The number of halogens is 3. The minimum absolute atomic E-state index is 0.00707. The zero-order valence-corrected chi connectivity index (χ0v) is 55.4. The number of aromatic nitrogens is 3. The number of aliphatic hydroxyl groups is 1. The number of benzene rings is 3. The van der Waals surface area contributed by atoms with Crippen molar-refractivity contribution in [3.8, 4) is 21.6 Å². The molecule has 10 rings (SSSR count). The molecule has 7 heterocycles. The Kier molecular flexibility index (Phi) is 19.9. The van der Waals surface area contributed by atoms with E-state index in [0.29, 0.717) is 22.5 Å². The van der Waals surface area contributed by atoms with Gasteiger partial charge >= 0.3 is 10.2 Å². The third-order valence-electron chi connectivity index (χ3n) is 18.6. The van der Waals surface area contributed by atoms with Crippen LogP contribution in [0.5, 0.6) is 0 Å². The number of carbonyl (C=O) groups excluding carboxylic acids is 4. The summed E-state index contributed by atoms with van der Waals surface area (Å²) in [4.78, 5) is 78.7. The highest BCUT2D eigenvalue weighted by atomic mass is 32.2. The Morgan fingerprint density at radius 1 is 0.844 bits per heavy atom. The van der Waals surface area contributed by atoms with E-state index in [1.807, 2.05) is 80.9 Å². The number of hydrogen-bond donors (Lipinski definition) is 5. The van der Waals surface area contributed by atoms with E-state index in [0.717, 1.165) is 108 Å². The number of nitrogens with zero attached hydrogens (tertiary/aromatic N) is 7. The van der Waals surface area contributed by atoms with Gasteiger partial charge in [-0.3, -0.25) is 33.7 Å². The van der Waals surface area contributed by atoms with Gasteiger partial charge in [0.2, 0.25) is 23.5 Å². The standard InChI is InChI=1S/C65H84F3N11O8S2Si/c1-40-59(88-39-71-40)44-12-10-43(11-13-44)53(38-80)72-62(83)54-31-48(87-90(8,9)65(5,6)7)36-79(54)63(84)60(64(2,3)4)73-55(81)37-75-23-20-41(21-24-75)34-76-26-28-77(29-27-76)47-16-14-42(15-17-47)45-30-49-50(33-70-61(49)69-32-45)58(82)56-51(67)18-19-52(57(56)68)74-89(85,86)78-25-22-46(66)35-78/h10-19,30,32-33,39,41,46,48,53-54,60,74,80H,20-29,31,34-38H2,1-9H3,(H,69,70)(H,72,83)(H,73,81)/t46-,48-,53+,54+,60-/m1/s1. The molecule has 6 aromatic rings. The van der Waals surface area contributed by atoms with E-state index in [9.17, 15) is 37.1 Å². The van der Waals surface area contributed by atoms with Crippen LogP contribution in [0.25, 0.3) is 32.6 Å². The molecule has 0 saturated carbocycles. The summed E-state index contributed by atoms with van der Waals surface area (Å²) in [5, 5.41) is 17.0. The fourth-order valence-electron chi connectivity index (χ4n) is 12.3.